The summed E-state index contributed by atoms with van der Waals surface area (Å²) < 4.78 is 47.5. The van der Waals surface area contributed by atoms with E-state index in [1.807, 2.05) is 60.7 Å². The van der Waals surface area contributed by atoms with Crippen molar-refractivity contribution in [1.82, 2.24) is 9.55 Å². The number of alkyl halides is 1. The Morgan fingerprint density at radius 1 is 1.06 bits per heavy atom. The molecule has 0 radical (unpaired) electrons. The maximum Gasteiger partial charge on any atom is 0.284 e. The van der Waals surface area contributed by atoms with E-state index < -0.39 is 47.7 Å². The molecule has 178 valence electrons. The third-order valence-corrected chi connectivity index (χ3v) is 5.35. The van der Waals surface area contributed by atoms with Crippen LogP contribution in [0, 0.1) is 5.95 Å². The number of amides is 1. The van der Waals surface area contributed by atoms with Crippen LogP contribution < -0.4 is 11.3 Å². The zero-order valence-corrected chi connectivity index (χ0v) is 18.1. The Morgan fingerprint density at radius 3 is 2.29 bits per heavy atom. The molecule has 1 aromatic heterocycles. The molecule has 0 saturated carbocycles. The van der Waals surface area contributed by atoms with Crippen LogP contribution in [0.5, 0.6) is 0 Å². The van der Waals surface area contributed by atoms with Crippen molar-refractivity contribution >= 4 is 5.91 Å². The van der Waals surface area contributed by atoms with Crippen molar-refractivity contribution in [3.63, 3.8) is 0 Å². The Bertz CT molecular complexity index is 1180. The molecule has 1 amide bonds. The molecule has 8 nitrogen and oxygen atoms in total. The van der Waals surface area contributed by atoms with Crippen molar-refractivity contribution in [1.29, 1.82) is 0 Å². The molecular weight excluding hydrogens is 448 g/mol. The Balaban J connectivity index is 1.55. The van der Waals surface area contributed by atoms with Crippen LogP contribution in [-0.2, 0) is 27.4 Å². The number of nitrogens with two attached hydrogens (primary N) is 1. The molecule has 10 heteroatoms. The van der Waals surface area contributed by atoms with E-state index in [2.05, 4.69) is 4.98 Å². The highest BCUT2D eigenvalue weighted by Gasteiger charge is 2.47. The molecule has 3 aromatic rings. The second kappa shape index (κ2) is 10.6. The minimum atomic E-state index is -1.87. The van der Waals surface area contributed by atoms with Crippen molar-refractivity contribution in [2.24, 2.45) is 5.73 Å². The van der Waals surface area contributed by atoms with Gasteiger partial charge in [0.05, 0.1) is 26.0 Å². The fourth-order valence-corrected chi connectivity index (χ4v) is 3.71. The molecule has 1 aliphatic heterocycles. The number of aromatic nitrogens is 2. The first-order valence-corrected chi connectivity index (χ1v) is 10.6. The molecule has 34 heavy (non-hydrogen) atoms. The normalized spacial score (nSPS) is 22.1. The molecule has 0 bridgehead atoms. The van der Waals surface area contributed by atoms with Gasteiger partial charge in [-0.1, -0.05) is 60.7 Å². The van der Waals surface area contributed by atoms with Gasteiger partial charge in [-0.2, -0.15) is 4.39 Å². The van der Waals surface area contributed by atoms with E-state index in [1.165, 1.54) is 0 Å². The number of benzene rings is 2. The molecule has 0 aliphatic carbocycles. The summed E-state index contributed by atoms with van der Waals surface area (Å²) >= 11 is 0. The van der Waals surface area contributed by atoms with Crippen molar-refractivity contribution in [2.75, 3.05) is 6.61 Å². The highest BCUT2D eigenvalue weighted by molar-refractivity contribution is 5.90. The Morgan fingerprint density at radius 2 is 1.68 bits per heavy atom. The predicted octanol–water partition coefficient (Wildman–Crippen LogP) is 2.52. The lowest BCUT2D eigenvalue weighted by atomic mass is 10.1. The van der Waals surface area contributed by atoms with Crippen LogP contribution in [0.25, 0.3) is 0 Å². The number of nitrogens with zero attached hydrogens (tertiary/aromatic N) is 2. The van der Waals surface area contributed by atoms with Crippen molar-refractivity contribution in [3.05, 3.63) is 100.0 Å². The van der Waals surface area contributed by atoms with E-state index in [-0.39, 0.29) is 19.8 Å². The van der Waals surface area contributed by atoms with Crippen molar-refractivity contribution in [3.8, 4) is 0 Å². The smallest absolute Gasteiger partial charge is 0.284 e. The molecule has 1 saturated heterocycles. The Hall–Kier alpha value is -3.47. The average molecular weight is 471 g/mol. The summed E-state index contributed by atoms with van der Waals surface area (Å²) in [4.78, 5) is 27.3. The second-order valence-electron chi connectivity index (χ2n) is 7.76. The number of rotatable bonds is 9. The SMILES string of the molecule is NC(=O)c1nc(F)cn([C@@H]2O[C@H](COCc3ccccc3)[C@@H](OCc3ccccc3)[C@H]2F)c1=O. The standard InChI is InChI=1S/C24H23F2N3O5/c25-18-11-29(23(31)20(28-18)22(27)30)24-19(26)21(33-13-16-9-5-2-6-10-16)17(34-24)14-32-12-15-7-3-1-4-8-15/h1-11,17,19,21,24H,12-14H2,(H2,27,30)/t17-,19-,21-,24-/m1/s1. The van der Waals surface area contributed by atoms with Gasteiger partial charge in [-0.05, 0) is 11.1 Å². The lowest BCUT2D eigenvalue weighted by Gasteiger charge is -2.20. The first kappa shape index (κ1) is 23.7. The summed E-state index contributed by atoms with van der Waals surface area (Å²) in [5, 5.41) is 0. The van der Waals surface area contributed by atoms with E-state index in [0.29, 0.717) is 10.8 Å². The topological polar surface area (TPSA) is 106 Å². The summed E-state index contributed by atoms with van der Waals surface area (Å²) in [5.74, 6) is -2.40. The van der Waals surface area contributed by atoms with Crippen LogP contribution in [0.3, 0.4) is 0 Å². The number of carbonyl (C=O) groups is 1. The molecular formula is C24H23F2N3O5. The molecule has 2 heterocycles. The van der Waals surface area contributed by atoms with Crippen molar-refractivity contribution < 1.29 is 27.8 Å². The van der Waals surface area contributed by atoms with Gasteiger partial charge >= 0.3 is 0 Å². The maximum atomic E-state index is 15.6. The van der Waals surface area contributed by atoms with Crippen LogP contribution in [0.4, 0.5) is 8.78 Å². The maximum absolute atomic E-state index is 15.6. The minimum Gasteiger partial charge on any atom is -0.374 e. The van der Waals surface area contributed by atoms with Gasteiger partial charge in [0.15, 0.2) is 18.1 Å². The number of carbonyl (C=O) groups excluding carboxylic acids is 1. The number of primary amides is 1. The summed E-state index contributed by atoms with van der Waals surface area (Å²) in [7, 11) is 0. The lowest BCUT2D eigenvalue weighted by Crippen LogP contribution is -2.38. The molecule has 2 N–H and O–H groups in total. The Labute approximate surface area is 193 Å². The molecule has 4 rings (SSSR count). The van der Waals surface area contributed by atoms with Gasteiger partial charge < -0.3 is 19.9 Å². The monoisotopic (exact) mass is 471 g/mol. The van der Waals surface area contributed by atoms with Crippen LogP contribution in [-0.4, -0.2) is 40.4 Å². The third kappa shape index (κ3) is 5.36. The average Bonchev–Trinajstić information content (AvgIpc) is 3.15. The van der Waals surface area contributed by atoms with Crippen LogP contribution >= 0.6 is 0 Å². The Kier molecular flexibility index (Phi) is 7.41. The van der Waals surface area contributed by atoms with E-state index in [4.69, 9.17) is 19.9 Å². The van der Waals surface area contributed by atoms with Gasteiger partial charge in [0, 0.05) is 0 Å². The number of ether oxygens (including phenoxy) is 3. The first-order chi connectivity index (χ1) is 16.4. The molecule has 1 fully saturated rings. The zero-order valence-electron chi connectivity index (χ0n) is 18.1. The van der Waals surface area contributed by atoms with Crippen LogP contribution in [0.2, 0.25) is 0 Å². The summed E-state index contributed by atoms with van der Waals surface area (Å²) in [6.07, 6.45) is -4.79. The third-order valence-electron chi connectivity index (χ3n) is 5.35. The second-order valence-corrected chi connectivity index (χ2v) is 7.76. The van der Waals surface area contributed by atoms with Crippen LogP contribution in [0.1, 0.15) is 27.8 Å². The van der Waals surface area contributed by atoms with Gasteiger partial charge in [0.1, 0.15) is 12.2 Å². The highest BCUT2D eigenvalue weighted by atomic mass is 19.1. The predicted molar refractivity (Wildman–Crippen MR) is 117 cm³/mol. The fourth-order valence-electron chi connectivity index (χ4n) is 3.71. The van der Waals surface area contributed by atoms with Crippen LogP contribution in [0.15, 0.2) is 71.7 Å². The minimum absolute atomic E-state index is 0.0454. The molecule has 1 aliphatic rings. The van der Waals surface area contributed by atoms with Gasteiger partial charge in [-0.3, -0.25) is 14.2 Å². The van der Waals surface area contributed by atoms with Crippen molar-refractivity contribution in [2.45, 2.75) is 37.8 Å². The van der Waals surface area contributed by atoms with Gasteiger partial charge in [-0.25, -0.2) is 9.37 Å². The zero-order chi connectivity index (χ0) is 24.1. The molecule has 0 unspecified atom stereocenters. The summed E-state index contributed by atoms with van der Waals surface area (Å²) in [5.41, 5.74) is 4.93. The number of hydrogen-bond acceptors (Lipinski definition) is 6. The fraction of sp³-hybridized carbons (Fsp3) is 0.292. The van der Waals surface area contributed by atoms with E-state index in [1.54, 1.807) is 0 Å². The highest BCUT2D eigenvalue weighted by Crippen LogP contribution is 2.34. The molecule has 0 spiro atoms. The number of hydrogen-bond donors (Lipinski definition) is 1. The molecule has 2 aromatic carbocycles. The lowest BCUT2D eigenvalue weighted by molar-refractivity contribution is -0.0832. The quantitative estimate of drug-likeness (QED) is 0.514. The summed E-state index contributed by atoms with van der Waals surface area (Å²) in [6.45, 7) is 0.295. The van der Waals surface area contributed by atoms with E-state index >= 15 is 4.39 Å². The first-order valence-electron chi connectivity index (χ1n) is 10.6. The molecule has 4 atom stereocenters. The van der Waals surface area contributed by atoms with Gasteiger partial charge in [-0.15, -0.1) is 0 Å². The van der Waals surface area contributed by atoms with E-state index in [0.717, 1.165) is 11.1 Å². The summed E-state index contributed by atoms with van der Waals surface area (Å²) in [6, 6.07) is 18.5. The largest absolute Gasteiger partial charge is 0.374 e. The van der Waals surface area contributed by atoms with E-state index in [9.17, 15) is 14.0 Å². The number of halogens is 2. The van der Waals surface area contributed by atoms with Gasteiger partial charge in [0.2, 0.25) is 5.95 Å². The van der Waals surface area contributed by atoms with Gasteiger partial charge in [0.25, 0.3) is 11.5 Å².